The number of ketones is 1. The lowest BCUT2D eigenvalue weighted by atomic mass is 9.88. The number of aryl methyl sites for hydroxylation is 1. The highest BCUT2D eigenvalue weighted by Gasteiger charge is 2.53. The Hall–Kier alpha value is -3.72. The van der Waals surface area contributed by atoms with E-state index in [1.54, 1.807) is 24.3 Å². The van der Waals surface area contributed by atoms with Crippen LogP contribution in [0.25, 0.3) is 0 Å². The maximum Gasteiger partial charge on any atom is 0.319 e. The normalized spacial score (nSPS) is 19.9. The largest absolute Gasteiger partial charge is 0.347 e. The number of amides is 5. The van der Waals surface area contributed by atoms with Gasteiger partial charge in [0.15, 0.2) is 5.78 Å². The third-order valence-electron chi connectivity index (χ3n) is 5.80. The van der Waals surface area contributed by atoms with Crippen LogP contribution in [0.1, 0.15) is 45.2 Å². The van der Waals surface area contributed by atoms with Crippen molar-refractivity contribution in [3.63, 3.8) is 0 Å². The molecule has 1 fully saturated rings. The monoisotopic (exact) mass is 468 g/mol. The number of benzene rings is 2. The predicted octanol–water partition coefficient (Wildman–Crippen LogP) is 2.41. The van der Waals surface area contributed by atoms with Crippen LogP contribution in [0.15, 0.2) is 36.4 Å². The fourth-order valence-corrected chi connectivity index (χ4v) is 4.13. The lowest BCUT2D eigenvalue weighted by molar-refractivity contribution is -0.139. The number of carbonyl (C=O) groups is 5. The minimum atomic E-state index is -1.59. The number of urea groups is 1. The molecule has 3 N–H and O–H groups in total. The Morgan fingerprint density at radius 1 is 1.09 bits per heavy atom. The summed E-state index contributed by atoms with van der Waals surface area (Å²) in [7, 11) is 0. The average Bonchev–Trinajstić information content (AvgIpc) is 3.02. The van der Waals surface area contributed by atoms with Crippen molar-refractivity contribution >= 4 is 46.8 Å². The summed E-state index contributed by atoms with van der Waals surface area (Å²) in [4.78, 5) is 63.4. The zero-order chi connectivity index (χ0) is 23.9. The number of nitrogens with one attached hydrogen (secondary N) is 3. The van der Waals surface area contributed by atoms with E-state index < -0.39 is 29.3 Å². The Kier molecular flexibility index (Phi) is 5.67. The first-order valence-corrected chi connectivity index (χ1v) is 10.6. The molecule has 2 heterocycles. The second-order valence-electron chi connectivity index (χ2n) is 8.27. The first kappa shape index (κ1) is 22.5. The average molecular weight is 469 g/mol. The Labute approximate surface area is 194 Å². The van der Waals surface area contributed by atoms with Crippen LogP contribution in [-0.4, -0.2) is 46.5 Å². The molecule has 0 aliphatic carbocycles. The molecule has 33 heavy (non-hydrogen) atoms. The van der Waals surface area contributed by atoms with Crippen LogP contribution in [0, 0.1) is 6.92 Å². The lowest BCUT2D eigenvalue weighted by Gasteiger charge is -2.37. The van der Waals surface area contributed by atoms with E-state index in [0.29, 0.717) is 16.3 Å². The Balaban J connectivity index is 1.47. The van der Waals surface area contributed by atoms with Crippen molar-refractivity contribution in [2.75, 3.05) is 11.9 Å². The van der Waals surface area contributed by atoms with Crippen LogP contribution in [0.5, 0.6) is 0 Å². The Bertz CT molecular complexity index is 1230. The summed E-state index contributed by atoms with van der Waals surface area (Å²) in [5.41, 5.74) is 0.686. The SMILES string of the molecule is Cc1ccc(NC(=O)NCc2ccc3c(c2)C(=O)N(C2(C)CC(=O)CNC2=O)C3=O)cc1Cl. The first-order chi connectivity index (χ1) is 15.6. The van der Waals surface area contributed by atoms with Crippen molar-refractivity contribution in [2.24, 2.45) is 0 Å². The molecule has 0 saturated carbocycles. The van der Waals surface area contributed by atoms with Gasteiger partial charge in [-0.15, -0.1) is 0 Å². The van der Waals surface area contributed by atoms with Crippen LogP contribution < -0.4 is 16.0 Å². The van der Waals surface area contributed by atoms with Gasteiger partial charge in [-0.05, 0) is 49.2 Å². The van der Waals surface area contributed by atoms with Crippen LogP contribution in [0.2, 0.25) is 5.02 Å². The minimum absolute atomic E-state index is 0.0937. The number of hydrogen-bond acceptors (Lipinski definition) is 5. The second-order valence-corrected chi connectivity index (χ2v) is 8.68. The number of halogens is 1. The third-order valence-corrected chi connectivity index (χ3v) is 6.21. The van der Waals surface area contributed by atoms with E-state index in [0.717, 1.165) is 10.5 Å². The van der Waals surface area contributed by atoms with E-state index in [1.165, 1.54) is 19.1 Å². The summed E-state index contributed by atoms with van der Waals surface area (Å²) in [6.45, 7) is 3.23. The zero-order valence-corrected chi connectivity index (χ0v) is 18.7. The molecular formula is C23H21ClN4O5. The fraction of sp³-hybridized carbons (Fsp3) is 0.261. The number of Topliss-reactive ketones (excluding diaryl/α,β-unsaturated/α-hetero) is 1. The van der Waals surface area contributed by atoms with Crippen LogP contribution in [0.3, 0.4) is 0 Å². The Morgan fingerprint density at radius 3 is 2.55 bits per heavy atom. The number of nitrogens with zero attached hydrogens (tertiary/aromatic N) is 1. The van der Waals surface area contributed by atoms with E-state index in [2.05, 4.69) is 16.0 Å². The van der Waals surface area contributed by atoms with Gasteiger partial charge in [-0.25, -0.2) is 4.79 Å². The van der Waals surface area contributed by atoms with Crippen molar-refractivity contribution in [2.45, 2.75) is 32.4 Å². The molecule has 0 aromatic heterocycles. The molecule has 1 saturated heterocycles. The zero-order valence-electron chi connectivity index (χ0n) is 18.0. The topological polar surface area (TPSA) is 125 Å². The van der Waals surface area contributed by atoms with Gasteiger partial charge in [0.25, 0.3) is 11.8 Å². The van der Waals surface area contributed by atoms with Crippen LogP contribution in [-0.2, 0) is 16.1 Å². The molecule has 5 amide bonds. The van der Waals surface area contributed by atoms with Crippen molar-refractivity contribution in [1.29, 1.82) is 0 Å². The standard InChI is InChI=1S/C23H21ClN4O5/c1-12-3-5-14(8-18(12)24)27-22(33)26-10-13-4-6-16-17(7-13)20(31)28(19(16)30)23(2)9-15(29)11-25-21(23)32/h3-8H,9-11H2,1-2H3,(H,25,32)(H2,26,27,33). The summed E-state index contributed by atoms with van der Waals surface area (Å²) >= 11 is 6.07. The minimum Gasteiger partial charge on any atom is -0.347 e. The van der Waals surface area contributed by atoms with Gasteiger partial charge in [-0.2, -0.15) is 0 Å². The number of hydrogen-bond donors (Lipinski definition) is 3. The number of rotatable bonds is 4. The van der Waals surface area contributed by atoms with Gasteiger partial charge < -0.3 is 16.0 Å². The van der Waals surface area contributed by atoms with Gasteiger partial charge in [0.05, 0.1) is 17.7 Å². The van der Waals surface area contributed by atoms with Crippen LogP contribution in [0.4, 0.5) is 10.5 Å². The molecule has 2 aliphatic heterocycles. The number of piperidine rings is 1. The smallest absolute Gasteiger partial charge is 0.319 e. The molecule has 2 aromatic rings. The fourth-order valence-electron chi connectivity index (χ4n) is 3.95. The molecular weight excluding hydrogens is 448 g/mol. The Morgan fingerprint density at radius 2 is 1.82 bits per heavy atom. The molecule has 2 aliphatic rings. The molecule has 2 aromatic carbocycles. The number of fused-ring (bicyclic) bond motifs is 1. The summed E-state index contributed by atoms with van der Waals surface area (Å²) in [5.74, 6) is -2.09. The second kappa shape index (κ2) is 8.32. The maximum absolute atomic E-state index is 13.1. The molecule has 0 bridgehead atoms. The first-order valence-electron chi connectivity index (χ1n) is 10.2. The van der Waals surface area contributed by atoms with Crippen molar-refractivity contribution < 1.29 is 24.0 Å². The van der Waals surface area contributed by atoms with E-state index in [1.807, 2.05) is 6.92 Å². The molecule has 170 valence electrons. The summed E-state index contributed by atoms with van der Waals surface area (Å²) < 4.78 is 0. The maximum atomic E-state index is 13.1. The van der Waals surface area contributed by atoms with E-state index in [9.17, 15) is 24.0 Å². The number of anilines is 1. The molecule has 0 radical (unpaired) electrons. The molecule has 1 unspecified atom stereocenters. The van der Waals surface area contributed by atoms with Crippen molar-refractivity contribution in [3.05, 3.63) is 63.7 Å². The van der Waals surface area contributed by atoms with Gasteiger partial charge in [-0.1, -0.05) is 23.7 Å². The number of carbonyl (C=O) groups excluding carboxylic acids is 5. The van der Waals surface area contributed by atoms with Crippen molar-refractivity contribution in [1.82, 2.24) is 15.5 Å². The van der Waals surface area contributed by atoms with Crippen LogP contribution >= 0.6 is 11.6 Å². The highest BCUT2D eigenvalue weighted by molar-refractivity contribution is 6.31. The van der Waals surface area contributed by atoms with E-state index in [-0.39, 0.29) is 36.4 Å². The quantitative estimate of drug-likeness (QED) is 0.594. The van der Waals surface area contributed by atoms with E-state index in [4.69, 9.17) is 11.6 Å². The van der Waals surface area contributed by atoms with E-state index >= 15 is 0 Å². The van der Waals surface area contributed by atoms with Gasteiger partial charge in [0.1, 0.15) is 5.54 Å². The number of imide groups is 1. The molecule has 10 heteroatoms. The van der Waals surface area contributed by atoms with Gasteiger partial charge in [-0.3, -0.25) is 24.1 Å². The highest BCUT2D eigenvalue weighted by Crippen LogP contribution is 2.33. The summed E-state index contributed by atoms with van der Waals surface area (Å²) in [6.07, 6.45) is -0.234. The van der Waals surface area contributed by atoms with Crippen molar-refractivity contribution in [3.8, 4) is 0 Å². The third kappa shape index (κ3) is 4.07. The van der Waals surface area contributed by atoms with Gasteiger partial charge >= 0.3 is 6.03 Å². The van der Waals surface area contributed by atoms with Gasteiger partial charge in [0, 0.05) is 23.7 Å². The molecule has 9 nitrogen and oxygen atoms in total. The molecule has 4 rings (SSSR count). The van der Waals surface area contributed by atoms with Gasteiger partial charge in [0.2, 0.25) is 5.91 Å². The lowest BCUT2D eigenvalue weighted by Crippen LogP contribution is -2.63. The molecule has 0 spiro atoms. The highest BCUT2D eigenvalue weighted by atomic mass is 35.5. The predicted molar refractivity (Wildman–Crippen MR) is 120 cm³/mol. The summed E-state index contributed by atoms with van der Waals surface area (Å²) in [5, 5.41) is 8.32. The summed E-state index contributed by atoms with van der Waals surface area (Å²) in [6, 6.07) is 9.28. The molecule has 1 atom stereocenters.